The van der Waals surface area contributed by atoms with E-state index in [4.69, 9.17) is 9.47 Å². The van der Waals surface area contributed by atoms with Crippen molar-refractivity contribution in [2.45, 2.75) is 71.3 Å². The molecule has 1 aromatic carbocycles. The molecule has 1 saturated carbocycles. The van der Waals surface area contributed by atoms with Gasteiger partial charge in [0.2, 0.25) is 0 Å². The Kier molecular flexibility index (Phi) is 8.64. The van der Waals surface area contributed by atoms with E-state index in [9.17, 15) is 19.1 Å². The fourth-order valence-corrected chi connectivity index (χ4v) is 5.03. The highest BCUT2D eigenvalue weighted by atomic mass is 19.1. The highest BCUT2D eigenvalue weighted by Crippen LogP contribution is 2.40. The zero-order chi connectivity index (χ0) is 24.8. The fraction of sp³-hybridized carbons (Fsp3) is 0.519. The fourth-order valence-electron chi connectivity index (χ4n) is 5.03. The molecule has 1 N–H and O–H groups in total. The van der Waals surface area contributed by atoms with Gasteiger partial charge in [0.05, 0.1) is 13.0 Å². The van der Waals surface area contributed by atoms with E-state index in [1.54, 1.807) is 13.0 Å². The second-order valence-corrected chi connectivity index (χ2v) is 9.31. The van der Waals surface area contributed by atoms with Gasteiger partial charge in [-0.3, -0.25) is 9.59 Å². The molecule has 0 saturated heterocycles. The maximum Gasteiger partial charge on any atom is 0.309 e. The Balaban J connectivity index is 1.73. The minimum absolute atomic E-state index is 0.0446. The van der Waals surface area contributed by atoms with Crippen molar-refractivity contribution in [3.8, 4) is 11.5 Å². The molecule has 0 radical (unpaired) electrons. The van der Waals surface area contributed by atoms with E-state index in [1.165, 1.54) is 37.9 Å². The van der Waals surface area contributed by atoms with E-state index < -0.39 is 23.8 Å². The molecule has 3 atom stereocenters. The van der Waals surface area contributed by atoms with Crippen LogP contribution in [0.3, 0.4) is 0 Å². The summed E-state index contributed by atoms with van der Waals surface area (Å²) in [6.45, 7) is 5.39. The third-order valence-corrected chi connectivity index (χ3v) is 6.82. The van der Waals surface area contributed by atoms with E-state index in [2.05, 4.69) is 4.98 Å². The maximum absolute atomic E-state index is 13.8. The van der Waals surface area contributed by atoms with Crippen LogP contribution in [0.4, 0.5) is 4.39 Å². The van der Waals surface area contributed by atoms with E-state index in [-0.39, 0.29) is 35.3 Å². The average Bonchev–Trinajstić information content (AvgIpc) is 2.81. The van der Waals surface area contributed by atoms with Gasteiger partial charge in [-0.05, 0) is 55.9 Å². The van der Waals surface area contributed by atoms with Crippen LogP contribution in [-0.4, -0.2) is 35.1 Å². The largest absolute Gasteiger partial charge is 0.503 e. The van der Waals surface area contributed by atoms with E-state index >= 15 is 0 Å². The number of esters is 1. The Morgan fingerprint density at radius 1 is 1.18 bits per heavy atom. The van der Waals surface area contributed by atoms with Crippen LogP contribution in [0.2, 0.25) is 0 Å². The van der Waals surface area contributed by atoms with Gasteiger partial charge in [-0.25, -0.2) is 9.37 Å². The van der Waals surface area contributed by atoms with E-state index in [1.807, 2.05) is 13.8 Å². The Hall–Kier alpha value is -2.96. The van der Waals surface area contributed by atoms with Crippen molar-refractivity contribution < 1.29 is 28.6 Å². The van der Waals surface area contributed by atoms with Crippen LogP contribution in [0, 0.1) is 24.6 Å². The number of hydrogen-bond acceptors (Lipinski definition) is 6. The summed E-state index contributed by atoms with van der Waals surface area (Å²) in [4.78, 5) is 29.6. The molecular weight excluding hydrogens is 437 g/mol. The molecular formula is C27H34FNO5. The van der Waals surface area contributed by atoms with Crippen LogP contribution in [0.5, 0.6) is 11.5 Å². The number of benzene rings is 1. The lowest BCUT2D eigenvalue weighted by atomic mass is 9.73. The van der Waals surface area contributed by atoms with Crippen LogP contribution >= 0.6 is 0 Å². The number of nitrogens with zero attached hydrogens (tertiary/aromatic N) is 1. The molecule has 184 valence electrons. The molecule has 1 aliphatic rings. The Labute approximate surface area is 200 Å². The second-order valence-electron chi connectivity index (χ2n) is 9.31. The predicted molar refractivity (Wildman–Crippen MR) is 127 cm³/mol. The average molecular weight is 472 g/mol. The number of carbonyl (C=O) groups is 2. The lowest BCUT2D eigenvalue weighted by Gasteiger charge is -2.35. The first-order valence-corrected chi connectivity index (χ1v) is 11.9. The summed E-state index contributed by atoms with van der Waals surface area (Å²) in [5, 5.41) is 10.2. The summed E-state index contributed by atoms with van der Waals surface area (Å²) in [5.41, 5.74) is 1.72. The van der Waals surface area contributed by atoms with Crippen LogP contribution in [0.15, 0.2) is 30.5 Å². The molecule has 0 amide bonds. The number of halogens is 1. The zero-order valence-electron chi connectivity index (χ0n) is 20.3. The summed E-state index contributed by atoms with van der Waals surface area (Å²) < 4.78 is 24.7. The first kappa shape index (κ1) is 25.7. The molecule has 0 aliphatic heterocycles. The van der Waals surface area contributed by atoms with Crippen molar-refractivity contribution in [3.63, 3.8) is 0 Å². The van der Waals surface area contributed by atoms with Crippen LogP contribution < -0.4 is 4.74 Å². The maximum atomic E-state index is 13.8. The topological polar surface area (TPSA) is 85.7 Å². The summed E-state index contributed by atoms with van der Waals surface area (Å²) in [6.07, 6.45) is 6.33. The van der Waals surface area contributed by atoms with Crippen LogP contribution in [0.1, 0.15) is 79.9 Å². The molecule has 1 heterocycles. The van der Waals surface area contributed by atoms with Crippen molar-refractivity contribution in [2.75, 3.05) is 7.11 Å². The van der Waals surface area contributed by atoms with E-state index in [0.717, 1.165) is 36.8 Å². The Bertz CT molecular complexity index is 1020. The van der Waals surface area contributed by atoms with Crippen molar-refractivity contribution in [1.29, 1.82) is 0 Å². The van der Waals surface area contributed by atoms with Gasteiger partial charge in [0, 0.05) is 24.6 Å². The summed E-state index contributed by atoms with van der Waals surface area (Å²) in [7, 11) is 1.39. The monoisotopic (exact) mass is 471 g/mol. The minimum Gasteiger partial charge on any atom is -0.503 e. The summed E-state index contributed by atoms with van der Waals surface area (Å²) in [6, 6.07) is 6.24. The number of Topliss-reactive ketones (excluding diaryl/α,β-unsaturated/α-hetero) is 1. The normalized spacial score (nSPS) is 17.0. The minimum atomic E-state index is -0.719. The highest BCUT2D eigenvalue weighted by molar-refractivity contribution is 5.99. The van der Waals surface area contributed by atoms with Gasteiger partial charge < -0.3 is 14.6 Å². The number of aromatic hydroxyl groups is 1. The number of rotatable bonds is 9. The third-order valence-electron chi connectivity index (χ3n) is 6.82. The van der Waals surface area contributed by atoms with Gasteiger partial charge >= 0.3 is 5.97 Å². The van der Waals surface area contributed by atoms with Crippen molar-refractivity contribution in [3.05, 3.63) is 53.1 Å². The Morgan fingerprint density at radius 2 is 1.88 bits per heavy atom. The van der Waals surface area contributed by atoms with Crippen LogP contribution in [-0.2, 0) is 9.53 Å². The molecule has 1 aromatic heterocycles. The third kappa shape index (κ3) is 5.93. The SMILES string of the molecule is COc1ccnc(C(=O)C[C@@H](C)C(=O)O[C@@H](C)[C@@H](c2ccc(F)cc2C)C2CCCCC2)c1O. The smallest absolute Gasteiger partial charge is 0.309 e. The molecule has 7 heteroatoms. The predicted octanol–water partition coefficient (Wildman–Crippen LogP) is 5.75. The molecule has 0 bridgehead atoms. The van der Waals surface area contributed by atoms with Gasteiger partial charge in [-0.1, -0.05) is 32.3 Å². The lowest BCUT2D eigenvalue weighted by Crippen LogP contribution is -2.32. The standard InChI is InChI=1S/C27H34FNO5/c1-16-14-20(28)10-11-21(16)24(19-8-6-5-7-9-19)18(3)34-27(32)17(2)15-22(30)25-26(31)23(33-4)12-13-29-25/h10-14,17-19,24,31H,5-9,15H2,1-4H3/t17-,18+,24-/m1/s1. The first-order valence-electron chi connectivity index (χ1n) is 11.9. The highest BCUT2D eigenvalue weighted by Gasteiger charge is 2.34. The van der Waals surface area contributed by atoms with Gasteiger partial charge in [-0.15, -0.1) is 0 Å². The van der Waals surface area contributed by atoms with Gasteiger partial charge in [-0.2, -0.15) is 0 Å². The number of hydrogen-bond donors (Lipinski definition) is 1. The molecule has 1 fully saturated rings. The zero-order valence-corrected chi connectivity index (χ0v) is 20.3. The van der Waals surface area contributed by atoms with Gasteiger partial charge in [0.25, 0.3) is 0 Å². The van der Waals surface area contributed by atoms with Crippen molar-refractivity contribution >= 4 is 11.8 Å². The quantitative estimate of drug-likeness (QED) is 0.370. The molecule has 0 spiro atoms. The number of methoxy groups -OCH3 is 1. The number of aromatic nitrogens is 1. The molecule has 0 unspecified atom stereocenters. The second kappa shape index (κ2) is 11.4. The summed E-state index contributed by atoms with van der Waals surface area (Å²) >= 11 is 0. The van der Waals surface area contributed by atoms with Crippen LogP contribution in [0.25, 0.3) is 0 Å². The number of ether oxygens (including phenoxy) is 2. The van der Waals surface area contributed by atoms with Gasteiger partial charge in [0.1, 0.15) is 11.9 Å². The first-order chi connectivity index (χ1) is 16.2. The summed E-state index contributed by atoms with van der Waals surface area (Å²) in [5.74, 6) is -1.85. The Morgan fingerprint density at radius 3 is 2.53 bits per heavy atom. The number of ketones is 1. The van der Waals surface area contributed by atoms with Crippen molar-refractivity contribution in [1.82, 2.24) is 4.98 Å². The molecule has 34 heavy (non-hydrogen) atoms. The van der Waals surface area contributed by atoms with Gasteiger partial charge in [0.15, 0.2) is 23.0 Å². The molecule has 6 nitrogen and oxygen atoms in total. The number of aryl methyl sites for hydroxylation is 1. The van der Waals surface area contributed by atoms with E-state index in [0.29, 0.717) is 5.92 Å². The molecule has 2 aromatic rings. The lowest BCUT2D eigenvalue weighted by molar-refractivity contribution is -0.154. The van der Waals surface area contributed by atoms with Crippen molar-refractivity contribution in [2.24, 2.45) is 11.8 Å². The number of carbonyl (C=O) groups excluding carboxylic acids is 2. The molecule has 3 rings (SSSR count). The number of pyridine rings is 1. The molecule has 1 aliphatic carbocycles.